The van der Waals surface area contributed by atoms with Gasteiger partial charge in [-0.25, -0.2) is 0 Å². The van der Waals surface area contributed by atoms with Crippen LogP contribution in [0.2, 0.25) is 0 Å². The first kappa shape index (κ1) is 18.2. The molecule has 2 aromatic rings. The second-order valence-corrected chi connectivity index (χ2v) is 7.04. The van der Waals surface area contributed by atoms with E-state index in [1.165, 1.54) is 0 Å². The van der Waals surface area contributed by atoms with Crippen LogP contribution < -0.4 is 0 Å². The van der Waals surface area contributed by atoms with E-state index < -0.39 is 11.7 Å². The molecule has 0 spiro atoms. The van der Waals surface area contributed by atoms with Crippen LogP contribution in [-0.4, -0.2) is 50.8 Å². The quantitative estimate of drug-likeness (QED) is 0.815. The van der Waals surface area contributed by atoms with Gasteiger partial charge in [-0.2, -0.15) is 0 Å². The first-order chi connectivity index (χ1) is 12.3. The Kier molecular flexibility index (Phi) is 5.12. The average Bonchev–Trinajstić information content (AvgIpc) is 3.20. The molecule has 0 aliphatic carbocycles. The number of hydrogen-bond acceptors (Lipinski definition) is 5. The maximum Gasteiger partial charge on any atom is 0.289 e. The molecule has 2 atom stereocenters. The number of likely N-dealkylation sites (tertiary alicyclic amines) is 1. The van der Waals surface area contributed by atoms with E-state index >= 15 is 0 Å². The van der Waals surface area contributed by atoms with Crippen molar-refractivity contribution in [3.8, 4) is 11.8 Å². The highest BCUT2D eigenvalue weighted by molar-refractivity contribution is 5.91. The summed E-state index contributed by atoms with van der Waals surface area (Å²) in [6, 6.07) is 8.84. The molecule has 1 fully saturated rings. The number of pyridine rings is 1. The highest BCUT2D eigenvalue weighted by Gasteiger charge is 2.35. The lowest BCUT2D eigenvalue weighted by Crippen LogP contribution is -2.29. The number of carbonyl (C=O) groups is 1. The molecule has 0 bridgehead atoms. The van der Waals surface area contributed by atoms with E-state index in [4.69, 9.17) is 4.42 Å². The number of rotatable bonds is 3. The second kappa shape index (κ2) is 7.32. The van der Waals surface area contributed by atoms with E-state index in [2.05, 4.69) is 16.8 Å². The van der Waals surface area contributed by atoms with Crippen LogP contribution in [-0.2, 0) is 6.42 Å². The first-order valence-corrected chi connectivity index (χ1v) is 8.54. The zero-order valence-electron chi connectivity index (χ0n) is 14.8. The summed E-state index contributed by atoms with van der Waals surface area (Å²) in [5.41, 5.74) is -0.234. The van der Waals surface area contributed by atoms with Gasteiger partial charge in [0.2, 0.25) is 0 Å². The molecule has 136 valence electrons. The van der Waals surface area contributed by atoms with E-state index in [-0.39, 0.29) is 24.1 Å². The summed E-state index contributed by atoms with van der Waals surface area (Å²) in [6.45, 7) is 3.86. The molecule has 0 saturated carbocycles. The Morgan fingerprint density at radius 2 is 2.15 bits per heavy atom. The van der Waals surface area contributed by atoms with Gasteiger partial charge >= 0.3 is 0 Å². The molecule has 2 aromatic heterocycles. The van der Waals surface area contributed by atoms with Crippen LogP contribution in [0.15, 0.2) is 40.9 Å². The van der Waals surface area contributed by atoms with Crippen molar-refractivity contribution in [1.82, 2.24) is 9.88 Å². The van der Waals surface area contributed by atoms with E-state index in [9.17, 15) is 15.0 Å². The van der Waals surface area contributed by atoms with Crippen LogP contribution in [0.4, 0.5) is 0 Å². The minimum atomic E-state index is -1.13. The van der Waals surface area contributed by atoms with Gasteiger partial charge in [0.1, 0.15) is 5.60 Å². The summed E-state index contributed by atoms with van der Waals surface area (Å²) in [5, 5.41) is 19.9. The molecular weight excluding hydrogens is 332 g/mol. The second-order valence-electron chi connectivity index (χ2n) is 7.04. The summed E-state index contributed by atoms with van der Waals surface area (Å²) in [5.74, 6) is 5.51. The van der Waals surface area contributed by atoms with E-state index in [0.717, 1.165) is 5.69 Å². The van der Waals surface area contributed by atoms with Crippen LogP contribution in [0.5, 0.6) is 0 Å². The zero-order valence-corrected chi connectivity index (χ0v) is 14.8. The van der Waals surface area contributed by atoms with Gasteiger partial charge in [-0.05, 0) is 50.5 Å². The molecule has 1 aliphatic rings. The average molecular weight is 354 g/mol. The molecule has 6 nitrogen and oxygen atoms in total. The minimum Gasteiger partial charge on any atom is -0.443 e. The Labute approximate surface area is 152 Å². The predicted molar refractivity (Wildman–Crippen MR) is 95.2 cm³/mol. The van der Waals surface area contributed by atoms with Crippen LogP contribution in [0, 0.1) is 17.8 Å². The Balaban J connectivity index is 1.65. The number of aliphatic hydroxyl groups excluding tert-OH is 1. The summed E-state index contributed by atoms with van der Waals surface area (Å²) in [7, 11) is 0. The highest BCUT2D eigenvalue weighted by Crippen LogP contribution is 2.23. The van der Waals surface area contributed by atoms with Crippen LogP contribution in [0.25, 0.3) is 0 Å². The van der Waals surface area contributed by atoms with Crippen molar-refractivity contribution in [3.63, 3.8) is 0 Å². The standard InChI is InChI=1S/C20H22N2O4/c1-20(2,25)9-8-16-6-7-18(26-16)19(24)22-12-14(17(23)13-22)11-15-5-3-4-10-21-15/h3-7,10,14,17,23,25H,11-13H2,1-2H3/t14-,17-/m1/s1. The van der Waals surface area contributed by atoms with Crippen LogP contribution in [0.1, 0.15) is 35.9 Å². The summed E-state index contributed by atoms with van der Waals surface area (Å²) in [6.07, 6.45) is 1.75. The molecule has 26 heavy (non-hydrogen) atoms. The Morgan fingerprint density at radius 1 is 1.35 bits per heavy atom. The normalized spacial score (nSPS) is 19.9. The van der Waals surface area contributed by atoms with Crippen LogP contribution in [0.3, 0.4) is 0 Å². The van der Waals surface area contributed by atoms with Gasteiger partial charge in [-0.15, -0.1) is 0 Å². The summed E-state index contributed by atoms with van der Waals surface area (Å²) < 4.78 is 5.47. The molecule has 0 unspecified atom stereocenters. The van der Waals surface area contributed by atoms with Crippen LogP contribution >= 0.6 is 0 Å². The topological polar surface area (TPSA) is 86.8 Å². The molecule has 1 saturated heterocycles. The Bertz CT molecular complexity index is 827. The molecule has 3 rings (SSSR count). The monoisotopic (exact) mass is 354 g/mol. The summed E-state index contributed by atoms with van der Waals surface area (Å²) >= 11 is 0. The van der Waals surface area contributed by atoms with Gasteiger partial charge in [0, 0.05) is 30.9 Å². The molecule has 3 heterocycles. The number of amides is 1. The number of aromatic nitrogens is 1. The van der Waals surface area contributed by atoms with Crippen molar-refractivity contribution in [1.29, 1.82) is 0 Å². The van der Waals surface area contributed by atoms with E-state index in [1.54, 1.807) is 37.1 Å². The first-order valence-electron chi connectivity index (χ1n) is 8.54. The predicted octanol–water partition coefficient (Wildman–Crippen LogP) is 1.47. The third-order valence-corrected chi connectivity index (χ3v) is 4.20. The molecule has 1 amide bonds. The van der Waals surface area contributed by atoms with Gasteiger partial charge < -0.3 is 19.5 Å². The third kappa shape index (κ3) is 4.51. The van der Waals surface area contributed by atoms with Crippen molar-refractivity contribution in [2.75, 3.05) is 13.1 Å². The van der Waals surface area contributed by atoms with Gasteiger partial charge in [0.05, 0.1) is 6.10 Å². The molecule has 1 aliphatic heterocycles. The Hall–Kier alpha value is -2.62. The van der Waals surface area contributed by atoms with Crippen molar-refractivity contribution in [2.24, 2.45) is 5.92 Å². The fourth-order valence-corrected chi connectivity index (χ4v) is 2.90. The molecular formula is C20H22N2O4. The largest absolute Gasteiger partial charge is 0.443 e. The fraction of sp³-hybridized carbons (Fsp3) is 0.400. The number of hydrogen-bond donors (Lipinski definition) is 2. The van der Waals surface area contributed by atoms with Crippen molar-refractivity contribution in [3.05, 3.63) is 53.7 Å². The van der Waals surface area contributed by atoms with Crippen molar-refractivity contribution < 1.29 is 19.4 Å². The smallest absolute Gasteiger partial charge is 0.289 e. The lowest BCUT2D eigenvalue weighted by Gasteiger charge is -2.14. The van der Waals surface area contributed by atoms with E-state index in [0.29, 0.717) is 18.7 Å². The number of aliphatic hydroxyl groups is 2. The van der Waals surface area contributed by atoms with E-state index in [1.807, 2.05) is 18.2 Å². The third-order valence-electron chi connectivity index (χ3n) is 4.20. The van der Waals surface area contributed by atoms with Gasteiger partial charge in [-0.1, -0.05) is 12.0 Å². The fourth-order valence-electron chi connectivity index (χ4n) is 2.90. The summed E-state index contributed by atoms with van der Waals surface area (Å²) in [4.78, 5) is 18.5. The highest BCUT2D eigenvalue weighted by atomic mass is 16.4. The molecule has 0 radical (unpaired) electrons. The molecule has 2 N–H and O–H groups in total. The van der Waals surface area contributed by atoms with Crippen molar-refractivity contribution in [2.45, 2.75) is 32.0 Å². The number of nitrogens with zero attached hydrogens (tertiary/aromatic N) is 2. The lowest BCUT2D eigenvalue weighted by molar-refractivity contribution is 0.0733. The number of furan rings is 1. The SMILES string of the molecule is CC(C)(O)C#Cc1ccc(C(=O)N2C[C@@H](Cc3ccccn3)[C@H](O)C2)o1. The Morgan fingerprint density at radius 3 is 2.85 bits per heavy atom. The van der Waals surface area contributed by atoms with Crippen molar-refractivity contribution >= 4 is 5.91 Å². The minimum absolute atomic E-state index is 0.0572. The maximum absolute atomic E-state index is 12.6. The zero-order chi connectivity index (χ0) is 18.7. The number of carbonyl (C=O) groups excluding carboxylic acids is 1. The number of β-amino-alcohol motifs (C(OH)–C–C–N with tert-alkyl or cyclic N) is 1. The van der Waals surface area contributed by atoms with Gasteiger partial charge in [0.15, 0.2) is 11.5 Å². The van der Waals surface area contributed by atoms with Gasteiger partial charge in [-0.3, -0.25) is 9.78 Å². The molecule has 6 heteroatoms. The van der Waals surface area contributed by atoms with Gasteiger partial charge in [0.25, 0.3) is 5.91 Å². The maximum atomic E-state index is 12.6. The molecule has 0 aromatic carbocycles. The lowest BCUT2D eigenvalue weighted by atomic mass is 10.00.